The molecule has 86 valence electrons. The molecule has 0 aliphatic rings. The maximum Gasteiger partial charge on any atom is 0.333 e. The molecule has 5 nitrogen and oxygen atoms in total. The first-order valence-electron chi connectivity index (χ1n) is 4.59. The molecule has 0 N–H and O–H groups in total. The molecule has 1 rings (SSSR count). The fraction of sp³-hybridized carbons (Fsp3) is 0.300. The molecule has 0 spiro atoms. The van der Waals surface area contributed by atoms with Crippen LogP contribution in [-0.4, -0.2) is 23.8 Å². The largest absolute Gasteiger partial charge is 0.469 e. The fourth-order valence-corrected chi connectivity index (χ4v) is 1.13. The molecule has 0 aliphatic heterocycles. The average Bonchev–Trinajstić information content (AvgIpc) is 2.29. The first-order chi connectivity index (χ1) is 7.63. The summed E-state index contributed by atoms with van der Waals surface area (Å²) in [5, 5.41) is 0. The van der Waals surface area contributed by atoms with Crippen LogP contribution in [0.3, 0.4) is 0 Å². The zero-order valence-electron chi connectivity index (χ0n) is 8.71. The van der Waals surface area contributed by atoms with Gasteiger partial charge in [0, 0.05) is 6.20 Å². The highest BCUT2D eigenvalue weighted by atomic mass is 32.1. The summed E-state index contributed by atoms with van der Waals surface area (Å²) in [6.45, 7) is 0. The minimum absolute atomic E-state index is 0.00448. The molecule has 1 heterocycles. The summed E-state index contributed by atoms with van der Waals surface area (Å²) in [6, 6.07) is 5.05. The molecule has 0 saturated heterocycles. The van der Waals surface area contributed by atoms with E-state index in [4.69, 9.17) is 17.1 Å². The smallest absolute Gasteiger partial charge is 0.333 e. The second-order valence-electron chi connectivity index (χ2n) is 2.90. The number of methoxy groups -OCH3 is 1. The van der Waals surface area contributed by atoms with Crippen molar-refractivity contribution >= 4 is 24.2 Å². The highest BCUT2D eigenvalue weighted by molar-refractivity contribution is 7.71. The van der Waals surface area contributed by atoms with Crippen LogP contribution >= 0.6 is 12.2 Å². The van der Waals surface area contributed by atoms with Gasteiger partial charge in [-0.1, -0.05) is 18.3 Å². The van der Waals surface area contributed by atoms with E-state index in [0.29, 0.717) is 4.64 Å². The number of ether oxygens (including phenoxy) is 1. The van der Waals surface area contributed by atoms with Crippen molar-refractivity contribution in [2.75, 3.05) is 7.11 Å². The van der Waals surface area contributed by atoms with Gasteiger partial charge in [0.15, 0.2) is 0 Å². The summed E-state index contributed by atoms with van der Waals surface area (Å²) in [4.78, 5) is 27.0. The molecule has 1 aromatic heterocycles. The fourth-order valence-electron chi connectivity index (χ4n) is 0.950. The Bertz CT molecular complexity index is 440. The summed E-state index contributed by atoms with van der Waals surface area (Å²) in [5.74, 6) is -0.985. The van der Waals surface area contributed by atoms with Crippen molar-refractivity contribution in [3.8, 4) is 0 Å². The quantitative estimate of drug-likeness (QED) is 0.584. The molecule has 0 radical (unpaired) electrons. The van der Waals surface area contributed by atoms with Crippen LogP contribution in [0.25, 0.3) is 0 Å². The van der Waals surface area contributed by atoms with Crippen molar-refractivity contribution in [2.24, 2.45) is 0 Å². The lowest BCUT2D eigenvalue weighted by atomic mass is 10.3. The van der Waals surface area contributed by atoms with Crippen LogP contribution in [0.15, 0.2) is 24.4 Å². The number of pyridine rings is 1. The number of rotatable bonds is 4. The second kappa shape index (κ2) is 6.02. The lowest BCUT2D eigenvalue weighted by Gasteiger charge is -2.06. The van der Waals surface area contributed by atoms with Gasteiger partial charge in [-0.2, -0.15) is 4.73 Å². The monoisotopic (exact) mass is 241 g/mol. The van der Waals surface area contributed by atoms with E-state index in [2.05, 4.69) is 4.74 Å². The Balaban J connectivity index is 2.49. The molecule has 0 aliphatic carbocycles. The minimum atomic E-state index is -0.535. The lowest BCUT2D eigenvalue weighted by Crippen LogP contribution is -2.21. The van der Waals surface area contributed by atoms with E-state index in [-0.39, 0.29) is 12.8 Å². The van der Waals surface area contributed by atoms with Gasteiger partial charge in [0.2, 0.25) is 0 Å². The van der Waals surface area contributed by atoms with Crippen molar-refractivity contribution in [1.82, 2.24) is 4.73 Å². The Morgan fingerprint density at radius 1 is 1.31 bits per heavy atom. The Hall–Kier alpha value is -1.69. The van der Waals surface area contributed by atoms with Crippen molar-refractivity contribution < 1.29 is 19.2 Å². The number of hydrogen-bond acceptors (Lipinski definition) is 5. The van der Waals surface area contributed by atoms with E-state index in [9.17, 15) is 9.59 Å². The Kier molecular flexibility index (Phi) is 4.65. The molecule has 6 heteroatoms. The highest BCUT2D eigenvalue weighted by Gasteiger charge is 2.08. The van der Waals surface area contributed by atoms with E-state index in [1.54, 1.807) is 18.2 Å². The van der Waals surface area contributed by atoms with Gasteiger partial charge in [-0.15, -0.1) is 0 Å². The van der Waals surface area contributed by atoms with Crippen LogP contribution in [-0.2, 0) is 14.3 Å². The Morgan fingerprint density at radius 3 is 2.62 bits per heavy atom. The molecule has 0 atom stereocenters. The third-order valence-electron chi connectivity index (χ3n) is 1.75. The van der Waals surface area contributed by atoms with Gasteiger partial charge in [0.1, 0.15) is 4.64 Å². The van der Waals surface area contributed by atoms with Gasteiger partial charge in [0.25, 0.3) is 0 Å². The lowest BCUT2D eigenvalue weighted by molar-refractivity contribution is -0.149. The average molecular weight is 241 g/mol. The maximum absolute atomic E-state index is 11.3. The van der Waals surface area contributed by atoms with Gasteiger partial charge in [-0.05, 0) is 12.1 Å². The van der Waals surface area contributed by atoms with E-state index >= 15 is 0 Å². The van der Waals surface area contributed by atoms with E-state index in [1.165, 1.54) is 18.0 Å². The first-order valence-corrected chi connectivity index (χ1v) is 5.00. The van der Waals surface area contributed by atoms with E-state index in [1.807, 2.05) is 0 Å². The highest BCUT2D eigenvalue weighted by Crippen LogP contribution is 1.95. The number of carbonyl (C=O) groups is 2. The van der Waals surface area contributed by atoms with Crippen LogP contribution in [0.2, 0.25) is 0 Å². The Morgan fingerprint density at radius 2 is 2.00 bits per heavy atom. The third-order valence-corrected chi connectivity index (χ3v) is 2.07. The molecule has 16 heavy (non-hydrogen) atoms. The summed E-state index contributed by atoms with van der Waals surface area (Å²) in [7, 11) is 1.26. The van der Waals surface area contributed by atoms with Crippen LogP contribution in [0.4, 0.5) is 0 Å². The summed E-state index contributed by atoms with van der Waals surface area (Å²) >= 11 is 4.92. The topological polar surface area (TPSA) is 57.5 Å². The summed E-state index contributed by atoms with van der Waals surface area (Å²) < 4.78 is 5.96. The zero-order valence-corrected chi connectivity index (χ0v) is 9.53. The third kappa shape index (κ3) is 3.82. The molecule has 0 saturated carbocycles. The standard InChI is InChI=1S/C10H11NO4S/c1-14-9(12)5-6-10(13)15-11-7-3-2-4-8(11)16/h2-4,7H,5-6H2,1H3. The van der Waals surface area contributed by atoms with Gasteiger partial charge >= 0.3 is 11.9 Å². The second-order valence-corrected chi connectivity index (χ2v) is 3.32. The first kappa shape index (κ1) is 12.4. The van der Waals surface area contributed by atoms with Crippen LogP contribution in [0.5, 0.6) is 0 Å². The van der Waals surface area contributed by atoms with Gasteiger partial charge in [0.05, 0.1) is 20.0 Å². The molecule has 1 aromatic rings. The molecular weight excluding hydrogens is 230 g/mol. The molecule has 0 unspecified atom stereocenters. The number of carbonyl (C=O) groups excluding carboxylic acids is 2. The zero-order chi connectivity index (χ0) is 12.0. The van der Waals surface area contributed by atoms with Crippen molar-refractivity contribution in [1.29, 1.82) is 0 Å². The predicted molar refractivity (Wildman–Crippen MR) is 58.1 cm³/mol. The van der Waals surface area contributed by atoms with Crippen LogP contribution in [0, 0.1) is 4.64 Å². The maximum atomic E-state index is 11.3. The Labute approximate surface area is 97.5 Å². The number of nitrogens with zero attached hydrogens (tertiary/aromatic N) is 1. The molecule has 0 aromatic carbocycles. The summed E-state index contributed by atoms with van der Waals surface area (Å²) in [5.41, 5.74) is 0. The van der Waals surface area contributed by atoms with Crippen LogP contribution < -0.4 is 4.84 Å². The predicted octanol–water partition coefficient (Wildman–Crippen LogP) is 1.13. The summed E-state index contributed by atoms with van der Waals surface area (Å²) in [6.07, 6.45) is 1.48. The van der Waals surface area contributed by atoms with Crippen molar-refractivity contribution in [3.63, 3.8) is 0 Å². The molecule has 0 amide bonds. The normalized spacial score (nSPS) is 9.56. The SMILES string of the molecule is COC(=O)CCC(=O)On1ccccc1=S. The van der Waals surface area contributed by atoms with E-state index < -0.39 is 11.9 Å². The number of aromatic nitrogens is 1. The van der Waals surface area contributed by atoms with Crippen LogP contribution in [0.1, 0.15) is 12.8 Å². The molecule has 0 fully saturated rings. The number of esters is 1. The van der Waals surface area contributed by atoms with Gasteiger partial charge in [-0.25, -0.2) is 4.79 Å². The number of hydrogen-bond donors (Lipinski definition) is 0. The van der Waals surface area contributed by atoms with Crippen molar-refractivity contribution in [3.05, 3.63) is 29.0 Å². The molecule has 0 bridgehead atoms. The van der Waals surface area contributed by atoms with Gasteiger partial charge in [-0.3, -0.25) is 4.79 Å². The van der Waals surface area contributed by atoms with Crippen molar-refractivity contribution in [2.45, 2.75) is 12.8 Å². The van der Waals surface area contributed by atoms with E-state index in [0.717, 1.165) is 0 Å². The molecular formula is C10H11NO4S. The minimum Gasteiger partial charge on any atom is -0.469 e. The van der Waals surface area contributed by atoms with Gasteiger partial charge < -0.3 is 9.57 Å².